The van der Waals surface area contributed by atoms with Crippen molar-refractivity contribution >= 4 is 11.9 Å². The molecule has 0 unspecified atom stereocenters. The van der Waals surface area contributed by atoms with Crippen molar-refractivity contribution in [1.29, 1.82) is 0 Å². The van der Waals surface area contributed by atoms with Gasteiger partial charge in [-0.05, 0) is 43.7 Å². The van der Waals surface area contributed by atoms with Gasteiger partial charge < -0.3 is 19.3 Å². The van der Waals surface area contributed by atoms with Crippen LogP contribution in [0.1, 0.15) is 31.8 Å². The van der Waals surface area contributed by atoms with Gasteiger partial charge in [0.05, 0.1) is 7.11 Å². The van der Waals surface area contributed by atoms with E-state index in [-0.39, 0.29) is 22.6 Å². The number of phenols is 1. The topological polar surface area (TPSA) is 82.1 Å². The van der Waals surface area contributed by atoms with Gasteiger partial charge >= 0.3 is 11.9 Å². The van der Waals surface area contributed by atoms with Crippen LogP contribution in [0.4, 0.5) is 0 Å². The Kier molecular flexibility index (Phi) is 5.42. The number of carbonyl (C=O) groups excluding carboxylic acids is 2. The Balaban J connectivity index is 2.04. The number of hydrogen-bond acceptors (Lipinski definition) is 6. The normalized spacial score (nSPS) is 10.1. The van der Waals surface area contributed by atoms with Crippen LogP contribution in [0, 0.1) is 13.8 Å². The van der Waals surface area contributed by atoms with Crippen molar-refractivity contribution in [3.8, 4) is 11.5 Å². The summed E-state index contributed by atoms with van der Waals surface area (Å²) < 4.78 is 15.0. The average molecular weight is 330 g/mol. The summed E-state index contributed by atoms with van der Waals surface area (Å²) in [4.78, 5) is 23.7. The van der Waals surface area contributed by atoms with E-state index >= 15 is 0 Å². The molecule has 0 heterocycles. The van der Waals surface area contributed by atoms with Crippen molar-refractivity contribution < 1.29 is 28.9 Å². The fraction of sp³-hybridized carbons (Fsp3) is 0.222. The first-order valence-electron chi connectivity index (χ1n) is 7.21. The maximum absolute atomic E-state index is 11.9. The van der Waals surface area contributed by atoms with Gasteiger partial charge in [0.1, 0.15) is 22.6 Å². The summed E-state index contributed by atoms with van der Waals surface area (Å²) in [7, 11) is 1.27. The third-order valence-electron chi connectivity index (χ3n) is 3.32. The van der Waals surface area contributed by atoms with E-state index < -0.39 is 18.7 Å². The summed E-state index contributed by atoms with van der Waals surface area (Å²) in [5, 5.41) is 9.75. The smallest absolute Gasteiger partial charge is 0.344 e. The van der Waals surface area contributed by atoms with Crippen molar-refractivity contribution in [3.63, 3.8) is 0 Å². The highest BCUT2D eigenvalue weighted by Crippen LogP contribution is 2.22. The maximum Gasteiger partial charge on any atom is 0.344 e. The lowest BCUT2D eigenvalue weighted by Gasteiger charge is -2.12. The predicted molar refractivity (Wildman–Crippen MR) is 86.3 cm³/mol. The van der Waals surface area contributed by atoms with E-state index in [0.29, 0.717) is 0 Å². The Morgan fingerprint density at radius 1 is 0.958 bits per heavy atom. The minimum atomic E-state index is -0.723. The number of esters is 2. The molecule has 0 aliphatic carbocycles. The van der Waals surface area contributed by atoms with Crippen molar-refractivity contribution in [1.82, 2.24) is 0 Å². The zero-order chi connectivity index (χ0) is 17.7. The largest absolute Gasteiger partial charge is 0.507 e. The van der Waals surface area contributed by atoms with Gasteiger partial charge in [0.2, 0.25) is 6.79 Å². The number of benzene rings is 2. The summed E-state index contributed by atoms with van der Waals surface area (Å²) in [5.41, 5.74) is 1.97. The monoisotopic (exact) mass is 330 g/mol. The molecule has 0 spiro atoms. The average Bonchev–Trinajstić information content (AvgIpc) is 2.55. The molecule has 2 aromatic carbocycles. The standard InChI is InChI=1S/C18H18O6/c1-11-5-7-16(14(8-11)17(20)22-3)23-10-24-18(21)13-6-4-12(2)9-15(13)19/h4-9,19H,10H2,1-3H3. The molecule has 24 heavy (non-hydrogen) atoms. The molecule has 0 atom stereocenters. The zero-order valence-corrected chi connectivity index (χ0v) is 13.7. The van der Waals surface area contributed by atoms with E-state index in [9.17, 15) is 14.7 Å². The minimum Gasteiger partial charge on any atom is -0.507 e. The molecule has 0 fully saturated rings. The first-order valence-corrected chi connectivity index (χ1v) is 7.21. The third kappa shape index (κ3) is 4.04. The van der Waals surface area contributed by atoms with Gasteiger partial charge in [0.15, 0.2) is 0 Å². The van der Waals surface area contributed by atoms with Crippen molar-refractivity contribution in [2.45, 2.75) is 13.8 Å². The summed E-state index contributed by atoms with van der Waals surface area (Å²) in [6, 6.07) is 9.60. The number of phenolic OH excluding ortho intramolecular Hbond substituents is 1. The van der Waals surface area contributed by atoms with Gasteiger partial charge in [-0.25, -0.2) is 9.59 Å². The van der Waals surface area contributed by atoms with Gasteiger partial charge in [-0.2, -0.15) is 0 Å². The fourth-order valence-corrected chi connectivity index (χ4v) is 2.08. The summed E-state index contributed by atoms with van der Waals surface area (Å²) >= 11 is 0. The second kappa shape index (κ2) is 7.50. The molecule has 2 aromatic rings. The third-order valence-corrected chi connectivity index (χ3v) is 3.32. The number of rotatable bonds is 5. The molecule has 6 nitrogen and oxygen atoms in total. The Morgan fingerprint density at radius 3 is 2.29 bits per heavy atom. The van der Waals surface area contributed by atoms with E-state index in [0.717, 1.165) is 11.1 Å². The van der Waals surface area contributed by atoms with E-state index in [1.54, 1.807) is 31.2 Å². The Hall–Kier alpha value is -3.02. The molecule has 2 rings (SSSR count). The van der Waals surface area contributed by atoms with E-state index in [4.69, 9.17) is 14.2 Å². The second-order valence-corrected chi connectivity index (χ2v) is 5.21. The summed E-state index contributed by atoms with van der Waals surface area (Å²) in [6.07, 6.45) is 0. The summed E-state index contributed by atoms with van der Waals surface area (Å²) in [5.74, 6) is -1.19. The summed E-state index contributed by atoms with van der Waals surface area (Å²) in [6.45, 7) is 3.22. The Bertz CT molecular complexity index is 766. The van der Waals surface area contributed by atoms with Crippen LogP contribution in [0.2, 0.25) is 0 Å². The minimum absolute atomic E-state index is 0.0429. The molecule has 0 saturated heterocycles. The van der Waals surface area contributed by atoms with Crippen LogP contribution < -0.4 is 4.74 Å². The van der Waals surface area contributed by atoms with Gasteiger partial charge in [0, 0.05) is 0 Å². The highest BCUT2D eigenvalue weighted by Gasteiger charge is 2.16. The molecular formula is C18H18O6. The first kappa shape index (κ1) is 17.3. The molecule has 0 radical (unpaired) electrons. The van der Waals surface area contributed by atoms with Crippen LogP contribution in [0.5, 0.6) is 11.5 Å². The molecule has 126 valence electrons. The molecule has 0 aromatic heterocycles. The van der Waals surface area contributed by atoms with Crippen molar-refractivity contribution in [2.24, 2.45) is 0 Å². The Labute approximate surface area is 139 Å². The quantitative estimate of drug-likeness (QED) is 0.670. The SMILES string of the molecule is COC(=O)c1cc(C)ccc1OCOC(=O)c1ccc(C)cc1O. The number of aryl methyl sites for hydroxylation is 2. The molecule has 0 amide bonds. The van der Waals surface area contributed by atoms with Gasteiger partial charge in [-0.3, -0.25) is 0 Å². The molecule has 0 aliphatic rings. The lowest BCUT2D eigenvalue weighted by atomic mass is 10.1. The van der Waals surface area contributed by atoms with Crippen LogP contribution in [0.15, 0.2) is 36.4 Å². The van der Waals surface area contributed by atoms with Gasteiger partial charge in [-0.1, -0.05) is 17.7 Å². The van der Waals surface area contributed by atoms with Crippen molar-refractivity contribution in [2.75, 3.05) is 13.9 Å². The zero-order valence-electron chi connectivity index (χ0n) is 13.7. The Morgan fingerprint density at radius 2 is 1.62 bits per heavy atom. The molecule has 0 saturated carbocycles. The van der Waals surface area contributed by atoms with Crippen molar-refractivity contribution in [3.05, 3.63) is 58.7 Å². The lowest BCUT2D eigenvalue weighted by molar-refractivity contribution is 0.0147. The lowest BCUT2D eigenvalue weighted by Crippen LogP contribution is -2.13. The van der Waals surface area contributed by atoms with E-state index in [2.05, 4.69) is 0 Å². The van der Waals surface area contributed by atoms with E-state index in [1.807, 2.05) is 6.92 Å². The van der Waals surface area contributed by atoms with Gasteiger partial charge in [-0.15, -0.1) is 0 Å². The number of hydrogen-bond donors (Lipinski definition) is 1. The maximum atomic E-state index is 11.9. The van der Waals surface area contributed by atoms with E-state index in [1.165, 1.54) is 19.2 Å². The number of ether oxygens (including phenoxy) is 3. The van der Waals surface area contributed by atoms with Crippen LogP contribution >= 0.6 is 0 Å². The molecular weight excluding hydrogens is 312 g/mol. The molecule has 0 aliphatic heterocycles. The molecule has 1 N–H and O–H groups in total. The fourth-order valence-electron chi connectivity index (χ4n) is 2.08. The highest BCUT2D eigenvalue weighted by atomic mass is 16.7. The molecule has 0 bridgehead atoms. The van der Waals surface area contributed by atoms with Crippen LogP contribution in [0.25, 0.3) is 0 Å². The number of aromatic hydroxyl groups is 1. The predicted octanol–water partition coefficient (Wildman–Crippen LogP) is 2.99. The molecule has 6 heteroatoms. The number of methoxy groups -OCH3 is 1. The van der Waals surface area contributed by atoms with Crippen LogP contribution in [0.3, 0.4) is 0 Å². The second-order valence-electron chi connectivity index (χ2n) is 5.21. The highest BCUT2D eigenvalue weighted by molar-refractivity contribution is 5.93. The van der Waals surface area contributed by atoms with Crippen LogP contribution in [-0.2, 0) is 9.47 Å². The van der Waals surface area contributed by atoms with Crippen LogP contribution in [-0.4, -0.2) is 30.9 Å². The number of carbonyl (C=O) groups is 2. The first-order chi connectivity index (χ1) is 11.4. The van der Waals surface area contributed by atoms with Gasteiger partial charge in [0.25, 0.3) is 0 Å².